The van der Waals surface area contributed by atoms with Crippen LogP contribution in [-0.4, -0.2) is 4.98 Å². The fraction of sp³-hybridized carbons (Fsp3) is 0.500. The van der Waals surface area contributed by atoms with Gasteiger partial charge in [-0.2, -0.15) is 0 Å². The molecule has 0 radical (unpaired) electrons. The lowest BCUT2D eigenvalue weighted by molar-refractivity contribution is 0.569. The molecule has 0 fully saturated rings. The predicted molar refractivity (Wildman–Crippen MR) is 70.2 cm³/mol. The summed E-state index contributed by atoms with van der Waals surface area (Å²) in [6.07, 6.45) is 3.58. The lowest BCUT2D eigenvalue weighted by Gasteiger charge is -2.16. The Hall–Kier alpha value is -1.11. The van der Waals surface area contributed by atoms with Gasteiger partial charge in [0.2, 0.25) is 0 Å². The van der Waals surface area contributed by atoms with Crippen molar-refractivity contribution in [2.24, 2.45) is 0 Å². The highest BCUT2D eigenvalue weighted by Gasteiger charge is 2.13. The number of rotatable bonds is 0. The molecule has 0 aliphatic rings. The molecule has 0 unspecified atom stereocenters. The molecule has 0 aromatic carbocycles. The first-order valence-electron chi connectivity index (χ1n) is 5.51. The van der Waals surface area contributed by atoms with Crippen LogP contribution in [0.4, 0.5) is 0 Å². The molecule has 0 bridgehead atoms. The second-order valence-electron chi connectivity index (χ2n) is 3.87. The number of nitrogens with zero attached hydrogens (tertiary/aromatic N) is 1. The maximum atomic E-state index is 4.25. The predicted octanol–water partition coefficient (Wildman–Crippen LogP) is 4.60. The molecular weight excluding hydrogens is 182 g/mol. The number of aromatic nitrogens is 1. The van der Waals surface area contributed by atoms with E-state index in [-0.39, 0.29) is 5.41 Å². The van der Waals surface area contributed by atoms with Gasteiger partial charge in [-0.1, -0.05) is 46.8 Å². The number of allylic oxidation sites excluding steroid dienone is 1. The Morgan fingerprint density at radius 3 is 1.87 bits per heavy atom. The summed E-state index contributed by atoms with van der Waals surface area (Å²) in [4.78, 5) is 4.25. The van der Waals surface area contributed by atoms with Crippen LogP contribution in [0.3, 0.4) is 0 Å². The van der Waals surface area contributed by atoms with Crippen molar-refractivity contribution in [3.63, 3.8) is 0 Å². The molecule has 86 valence electrons. The molecule has 0 aliphatic heterocycles. The molecule has 1 heteroatoms. The van der Waals surface area contributed by atoms with E-state index in [9.17, 15) is 0 Å². The number of hydrogen-bond acceptors (Lipinski definition) is 1. The molecule has 1 aromatic heterocycles. The molecular formula is C14H25N. The Morgan fingerprint density at radius 1 is 1.20 bits per heavy atom. The van der Waals surface area contributed by atoms with E-state index in [0.717, 1.165) is 5.69 Å². The second kappa shape index (κ2) is 9.45. The Kier molecular flexibility index (Phi) is 10.3. The van der Waals surface area contributed by atoms with Gasteiger partial charge in [0.15, 0.2) is 0 Å². The quantitative estimate of drug-likeness (QED) is 0.567. The van der Waals surface area contributed by atoms with Gasteiger partial charge in [0.1, 0.15) is 0 Å². The minimum Gasteiger partial charge on any atom is -0.261 e. The first-order valence-corrected chi connectivity index (χ1v) is 5.51. The van der Waals surface area contributed by atoms with E-state index >= 15 is 0 Å². The number of hydrogen-bond donors (Lipinski definition) is 0. The van der Waals surface area contributed by atoms with E-state index < -0.39 is 0 Å². The van der Waals surface area contributed by atoms with E-state index in [2.05, 4.69) is 38.4 Å². The van der Waals surface area contributed by atoms with Crippen molar-refractivity contribution in [3.8, 4) is 0 Å². The van der Waals surface area contributed by atoms with Gasteiger partial charge in [-0.25, -0.2) is 0 Å². The summed E-state index contributed by atoms with van der Waals surface area (Å²) in [6.45, 7) is 15.7. The minimum atomic E-state index is 0.182. The van der Waals surface area contributed by atoms with E-state index in [1.807, 2.05) is 39.1 Å². The Morgan fingerprint density at radius 2 is 1.67 bits per heavy atom. The monoisotopic (exact) mass is 207 g/mol. The maximum absolute atomic E-state index is 4.25. The lowest BCUT2D eigenvalue weighted by Crippen LogP contribution is -2.12. The van der Waals surface area contributed by atoms with Crippen molar-refractivity contribution in [2.75, 3.05) is 0 Å². The molecule has 15 heavy (non-hydrogen) atoms. The van der Waals surface area contributed by atoms with E-state index in [1.54, 1.807) is 6.08 Å². The molecule has 0 spiro atoms. The van der Waals surface area contributed by atoms with Crippen LogP contribution in [0.2, 0.25) is 0 Å². The standard InChI is InChI=1S/C9H13N.C3H6.C2H6/c1-9(2,3)8-6-4-5-7-10-8;1-3-2;1-2/h4-7H,1-3H3;3H,1H2,2H3;1-2H3. The molecule has 0 amide bonds. The summed E-state index contributed by atoms with van der Waals surface area (Å²) >= 11 is 0. The van der Waals surface area contributed by atoms with Crippen LogP contribution in [0.15, 0.2) is 37.1 Å². The average molecular weight is 207 g/mol. The van der Waals surface area contributed by atoms with Crippen LogP contribution in [0.1, 0.15) is 47.2 Å². The van der Waals surface area contributed by atoms with Crippen LogP contribution in [0.5, 0.6) is 0 Å². The minimum absolute atomic E-state index is 0.182. The van der Waals surface area contributed by atoms with Crippen LogP contribution in [0.25, 0.3) is 0 Å². The molecule has 1 aromatic rings. The van der Waals surface area contributed by atoms with Gasteiger partial charge in [0.05, 0.1) is 0 Å². The van der Waals surface area contributed by atoms with E-state index in [0.29, 0.717) is 0 Å². The number of pyridine rings is 1. The van der Waals surface area contributed by atoms with Crippen molar-refractivity contribution in [3.05, 3.63) is 42.7 Å². The summed E-state index contributed by atoms with van der Waals surface area (Å²) in [5, 5.41) is 0. The van der Waals surface area contributed by atoms with Crippen molar-refractivity contribution in [1.82, 2.24) is 4.98 Å². The zero-order valence-corrected chi connectivity index (χ0v) is 11.0. The summed E-state index contributed by atoms with van der Waals surface area (Å²) in [5.74, 6) is 0. The van der Waals surface area contributed by atoms with Gasteiger partial charge >= 0.3 is 0 Å². The van der Waals surface area contributed by atoms with Gasteiger partial charge in [-0.15, -0.1) is 6.58 Å². The summed E-state index contributed by atoms with van der Waals surface area (Å²) in [6, 6.07) is 6.02. The zero-order valence-electron chi connectivity index (χ0n) is 11.0. The van der Waals surface area contributed by atoms with Crippen molar-refractivity contribution >= 4 is 0 Å². The summed E-state index contributed by atoms with van der Waals surface area (Å²) in [7, 11) is 0. The lowest BCUT2D eigenvalue weighted by atomic mass is 9.92. The largest absolute Gasteiger partial charge is 0.261 e. The molecule has 1 nitrogen and oxygen atoms in total. The highest BCUT2D eigenvalue weighted by molar-refractivity contribution is 5.12. The molecule has 1 heterocycles. The van der Waals surface area contributed by atoms with Gasteiger partial charge in [0.25, 0.3) is 0 Å². The summed E-state index contributed by atoms with van der Waals surface area (Å²) in [5.41, 5.74) is 1.33. The van der Waals surface area contributed by atoms with Crippen LogP contribution in [-0.2, 0) is 5.41 Å². The molecule has 0 aliphatic carbocycles. The Bertz CT molecular complexity index is 231. The van der Waals surface area contributed by atoms with Gasteiger partial charge in [0, 0.05) is 17.3 Å². The third-order valence-electron chi connectivity index (χ3n) is 1.43. The fourth-order valence-electron chi connectivity index (χ4n) is 0.806. The molecule has 1 rings (SSSR count). The third-order valence-corrected chi connectivity index (χ3v) is 1.43. The van der Waals surface area contributed by atoms with Crippen LogP contribution >= 0.6 is 0 Å². The average Bonchev–Trinajstić information content (AvgIpc) is 2.22. The Labute approximate surface area is 95.3 Å². The first kappa shape index (κ1) is 16.3. The van der Waals surface area contributed by atoms with Crippen LogP contribution in [0, 0.1) is 0 Å². The molecule has 0 atom stereocenters. The highest BCUT2D eigenvalue weighted by Crippen LogP contribution is 2.18. The SMILES string of the molecule is C=CC.CC.CC(C)(C)c1ccccn1. The molecule has 0 saturated carbocycles. The van der Waals surface area contributed by atoms with Gasteiger partial charge < -0.3 is 0 Å². The first-order chi connectivity index (χ1) is 7.02. The Balaban J connectivity index is 0. The topological polar surface area (TPSA) is 12.9 Å². The highest BCUT2D eigenvalue weighted by atomic mass is 14.7. The third kappa shape index (κ3) is 9.20. The van der Waals surface area contributed by atoms with Crippen LogP contribution < -0.4 is 0 Å². The molecule has 0 N–H and O–H groups in total. The van der Waals surface area contributed by atoms with Crippen molar-refractivity contribution in [2.45, 2.75) is 47.0 Å². The van der Waals surface area contributed by atoms with Crippen molar-refractivity contribution < 1.29 is 0 Å². The fourth-order valence-corrected chi connectivity index (χ4v) is 0.806. The maximum Gasteiger partial charge on any atom is 0.0457 e. The van der Waals surface area contributed by atoms with Crippen molar-refractivity contribution in [1.29, 1.82) is 0 Å². The van der Waals surface area contributed by atoms with E-state index in [4.69, 9.17) is 0 Å². The zero-order chi connectivity index (χ0) is 12.3. The van der Waals surface area contributed by atoms with Gasteiger partial charge in [-0.3, -0.25) is 4.98 Å². The van der Waals surface area contributed by atoms with Gasteiger partial charge in [-0.05, 0) is 19.1 Å². The second-order valence-corrected chi connectivity index (χ2v) is 3.87. The van der Waals surface area contributed by atoms with E-state index in [1.165, 1.54) is 0 Å². The normalized spacial score (nSPS) is 8.93. The molecule has 0 saturated heterocycles. The smallest absolute Gasteiger partial charge is 0.0457 e. The summed E-state index contributed by atoms with van der Waals surface area (Å²) < 4.78 is 0.